The second-order valence-corrected chi connectivity index (χ2v) is 8.03. The molecule has 2 N–H and O–H groups in total. The molecule has 0 atom stereocenters. The molecule has 1 aromatic carbocycles. The maximum absolute atomic E-state index is 12.0. The van der Waals surface area contributed by atoms with Crippen molar-refractivity contribution < 1.29 is 19.4 Å². The van der Waals surface area contributed by atoms with E-state index in [1.165, 1.54) is 0 Å². The van der Waals surface area contributed by atoms with E-state index in [0.717, 1.165) is 22.6 Å². The van der Waals surface area contributed by atoms with E-state index in [1.54, 1.807) is 6.92 Å². The fourth-order valence-electron chi connectivity index (χ4n) is 2.49. The summed E-state index contributed by atoms with van der Waals surface area (Å²) in [5, 5.41) is 12.3. The van der Waals surface area contributed by atoms with Crippen molar-refractivity contribution in [1.82, 2.24) is 10.3 Å². The number of ether oxygens (including phenoxy) is 1. The van der Waals surface area contributed by atoms with E-state index in [9.17, 15) is 9.59 Å². The van der Waals surface area contributed by atoms with Crippen molar-refractivity contribution in [1.29, 1.82) is 0 Å². The first-order valence-corrected chi connectivity index (χ1v) is 9.18. The molecule has 7 heteroatoms. The number of hydrogen-bond acceptors (Lipinski definition) is 5. The van der Waals surface area contributed by atoms with Gasteiger partial charge < -0.3 is 15.2 Å². The van der Waals surface area contributed by atoms with E-state index in [2.05, 4.69) is 31.1 Å². The van der Waals surface area contributed by atoms with Gasteiger partial charge in [0, 0.05) is 0 Å². The summed E-state index contributed by atoms with van der Waals surface area (Å²) in [4.78, 5) is 27.3. The van der Waals surface area contributed by atoms with Gasteiger partial charge in [0.1, 0.15) is 22.2 Å². The lowest BCUT2D eigenvalue weighted by molar-refractivity contribution is -0.120. The van der Waals surface area contributed by atoms with Gasteiger partial charge in [0.15, 0.2) is 0 Å². The van der Waals surface area contributed by atoms with Gasteiger partial charge in [-0.1, -0.05) is 39.0 Å². The first kappa shape index (κ1) is 19.9. The lowest BCUT2D eigenvalue weighted by Gasteiger charge is -2.22. The normalized spacial score (nSPS) is 11.2. The highest BCUT2D eigenvalue weighted by Crippen LogP contribution is 2.30. The number of benzene rings is 1. The van der Waals surface area contributed by atoms with Crippen molar-refractivity contribution in [2.24, 2.45) is 0 Å². The Bertz CT molecular complexity index is 793. The van der Waals surface area contributed by atoms with Crippen LogP contribution in [-0.4, -0.2) is 35.1 Å². The van der Waals surface area contributed by atoms with Gasteiger partial charge in [0.2, 0.25) is 5.91 Å². The van der Waals surface area contributed by atoms with Gasteiger partial charge in [0.05, 0.1) is 18.7 Å². The Morgan fingerprint density at radius 3 is 2.58 bits per heavy atom. The second kappa shape index (κ2) is 8.31. The zero-order valence-corrected chi connectivity index (χ0v) is 16.3. The van der Waals surface area contributed by atoms with Crippen LogP contribution in [0, 0.1) is 6.92 Å². The van der Waals surface area contributed by atoms with E-state index in [1.807, 2.05) is 24.3 Å². The summed E-state index contributed by atoms with van der Waals surface area (Å²) in [5.74, 6) is -0.406. The van der Waals surface area contributed by atoms with Gasteiger partial charge in [-0.15, -0.1) is 11.3 Å². The lowest BCUT2D eigenvalue weighted by atomic mass is 9.86. The number of aromatic nitrogens is 1. The molecule has 2 aromatic rings. The van der Waals surface area contributed by atoms with Crippen molar-refractivity contribution in [3.63, 3.8) is 0 Å². The van der Waals surface area contributed by atoms with Gasteiger partial charge in [-0.3, -0.25) is 4.79 Å². The molecule has 0 aliphatic carbocycles. The van der Waals surface area contributed by atoms with Gasteiger partial charge in [-0.05, 0) is 24.0 Å². The quantitative estimate of drug-likeness (QED) is 0.725. The summed E-state index contributed by atoms with van der Waals surface area (Å²) in [6.07, 6.45) is 0.0668. The van der Waals surface area contributed by atoms with E-state index in [-0.39, 0.29) is 22.6 Å². The van der Waals surface area contributed by atoms with Crippen LogP contribution in [0.15, 0.2) is 24.3 Å². The average Bonchev–Trinajstić information content (AvgIpc) is 2.91. The predicted octanol–water partition coefficient (Wildman–Crippen LogP) is 3.18. The minimum Gasteiger partial charge on any atom is -0.491 e. The molecule has 140 valence electrons. The molecule has 1 heterocycles. The van der Waals surface area contributed by atoms with Crippen molar-refractivity contribution in [2.45, 2.75) is 39.5 Å². The number of amides is 1. The number of thiazole rings is 1. The summed E-state index contributed by atoms with van der Waals surface area (Å²) in [7, 11) is 0. The zero-order valence-electron chi connectivity index (χ0n) is 15.5. The number of para-hydroxylation sites is 1. The first-order chi connectivity index (χ1) is 12.2. The van der Waals surface area contributed by atoms with Gasteiger partial charge in [-0.25, -0.2) is 9.78 Å². The summed E-state index contributed by atoms with van der Waals surface area (Å²) in [5.41, 5.74) is 1.53. The van der Waals surface area contributed by atoms with Crippen LogP contribution in [-0.2, 0) is 16.6 Å². The summed E-state index contributed by atoms with van der Waals surface area (Å²) in [6.45, 7) is 8.72. The number of rotatable bonds is 7. The number of nitrogens with zero attached hydrogens (tertiary/aromatic N) is 1. The molecule has 2 rings (SSSR count). The highest BCUT2D eigenvalue weighted by Gasteiger charge is 2.18. The molecule has 1 amide bonds. The molecule has 0 saturated heterocycles. The van der Waals surface area contributed by atoms with Crippen LogP contribution >= 0.6 is 11.3 Å². The molecule has 0 aliphatic rings. The molecule has 0 unspecified atom stereocenters. The van der Waals surface area contributed by atoms with Crippen molar-refractivity contribution in [3.8, 4) is 5.75 Å². The minimum absolute atomic E-state index is 0.0234. The number of nitrogens with one attached hydrogen (secondary N) is 1. The molecule has 0 spiro atoms. The van der Waals surface area contributed by atoms with Crippen molar-refractivity contribution in [2.75, 3.05) is 13.2 Å². The highest BCUT2D eigenvalue weighted by atomic mass is 32.1. The lowest BCUT2D eigenvalue weighted by Crippen LogP contribution is -2.29. The molecular weight excluding hydrogens is 352 g/mol. The van der Waals surface area contributed by atoms with Crippen LogP contribution in [0.25, 0.3) is 0 Å². The Labute approximate surface area is 157 Å². The first-order valence-electron chi connectivity index (χ1n) is 8.37. The fourth-order valence-corrected chi connectivity index (χ4v) is 3.39. The molecule has 0 fully saturated rings. The van der Waals surface area contributed by atoms with E-state index < -0.39 is 5.97 Å². The van der Waals surface area contributed by atoms with Crippen LogP contribution in [0.4, 0.5) is 0 Å². The third-order valence-corrected chi connectivity index (χ3v) is 4.87. The maximum atomic E-state index is 12.0. The Balaban J connectivity index is 1.83. The van der Waals surface area contributed by atoms with Crippen LogP contribution in [0.1, 0.15) is 46.7 Å². The molecule has 6 nitrogen and oxygen atoms in total. The van der Waals surface area contributed by atoms with E-state index >= 15 is 0 Å². The zero-order chi connectivity index (χ0) is 19.3. The molecule has 1 aromatic heterocycles. The molecule has 0 saturated carbocycles. The summed E-state index contributed by atoms with van der Waals surface area (Å²) in [6, 6.07) is 7.87. The average molecular weight is 376 g/mol. The monoisotopic (exact) mass is 376 g/mol. The Kier molecular flexibility index (Phi) is 6.37. The number of aromatic carboxylic acids is 1. The van der Waals surface area contributed by atoms with Crippen molar-refractivity contribution >= 4 is 23.2 Å². The highest BCUT2D eigenvalue weighted by molar-refractivity contribution is 7.13. The maximum Gasteiger partial charge on any atom is 0.347 e. The topological polar surface area (TPSA) is 88.5 Å². The van der Waals surface area contributed by atoms with E-state index in [4.69, 9.17) is 9.84 Å². The molecule has 0 bridgehead atoms. The van der Waals surface area contributed by atoms with Crippen LogP contribution < -0.4 is 10.1 Å². The van der Waals surface area contributed by atoms with Crippen molar-refractivity contribution in [3.05, 3.63) is 45.4 Å². The van der Waals surface area contributed by atoms with Gasteiger partial charge in [-0.2, -0.15) is 0 Å². The second-order valence-electron chi connectivity index (χ2n) is 6.95. The number of carboxylic acid groups (broad SMARTS) is 1. The largest absolute Gasteiger partial charge is 0.491 e. The third-order valence-electron chi connectivity index (χ3n) is 3.72. The number of carbonyl (C=O) groups excluding carboxylic acids is 1. The minimum atomic E-state index is -1.02. The SMILES string of the molecule is Cc1nc(CC(=O)NCCOc2ccccc2C(C)(C)C)sc1C(=O)O. The van der Waals surface area contributed by atoms with Crippen LogP contribution in [0.3, 0.4) is 0 Å². The van der Waals surface area contributed by atoms with Crippen LogP contribution in [0.2, 0.25) is 0 Å². The Morgan fingerprint density at radius 2 is 1.96 bits per heavy atom. The Hall–Kier alpha value is -2.41. The molecule has 0 aliphatic heterocycles. The summed E-state index contributed by atoms with van der Waals surface area (Å²) < 4.78 is 5.81. The van der Waals surface area contributed by atoms with Crippen LogP contribution in [0.5, 0.6) is 5.75 Å². The van der Waals surface area contributed by atoms with Gasteiger partial charge >= 0.3 is 5.97 Å². The smallest absolute Gasteiger partial charge is 0.347 e. The number of carboxylic acids is 1. The summed E-state index contributed by atoms with van der Waals surface area (Å²) >= 11 is 1.03. The van der Waals surface area contributed by atoms with E-state index in [0.29, 0.717) is 23.9 Å². The Morgan fingerprint density at radius 1 is 1.27 bits per heavy atom. The fraction of sp³-hybridized carbons (Fsp3) is 0.421. The molecular formula is C19H24N2O4S. The predicted molar refractivity (Wildman–Crippen MR) is 101 cm³/mol. The number of hydrogen-bond donors (Lipinski definition) is 2. The van der Waals surface area contributed by atoms with Gasteiger partial charge in [0.25, 0.3) is 0 Å². The molecule has 26 heavy (non-hydrogen) atoms. The molecule has 0 radical (unpaired) electrons. The number of carbonyl (C=O) groups is 2. The number of aryl methyl sites for hydroxylation is 1. The standard InChI is InChI=1S/C19H24N2O4S/c1-12-17(18(23)24)26-16(21-12)11-15(22)20-9-10-25-14-8-6-5-7-13(14)19(2,3)4/h5-8H,9-11H2,1-4H3,(H,20,22)(H,23,24). The third kappa shape index (κ3) is 5.29.